The van der Waals surface area contributed by atoms with Crippen molar-refractivity contribution < 1.29 is 18.7 Å². The van der Waals surface area contributed by atoms with E-state index in [0.29, 0.717) is 5.33 Å². The quantitative estimate of drug-likeness (QED) is 0.719. The number of alkyl halides is 3. The molecule has 78 valence electrons. The van der Waals surface area contributed by atoms with Crippen LogP contribution in [0.5, 0.6) is 0 Å². The van der Waals surface area contributed by atoms with E-state index in [1.807, 2.05) is 0 Å². The molecule has 0 aromatic rings. The Labute approximate surface area is 83.8 Å². The number of hydrogen-bond donors (Lipinski definition) is 1. The Kier molecular flexibility index (Phi) is 7.07. The van der Waals surface area contributed by atoms with Crippen LogP contribution in [-0.4, -0.2) is 47.4 Å². The second-order valence-electron chi connectivity index (χ2n) is 2.39. The van der Waals surface area contributed by atoms with Crippen molar-refractivity contribution in [1.82, 2.24) is 4.90 Å². The highest BCUT2D eigenvalue weighted by atomic mass is 79.9. The van der Waals surface area contributed by atoms with Crippen LogP contribution in [0.3, 0.4) is 0 Å². The van der Waals surface area contributed by atoms with Crippen LogP contribution in [0.1, 0.15) is 6.42 Å². The van der Waals surface area contributed by atoms with E-state index in [1.54, 1.807) is 0 Å². The monoisotopic (exact) mass is 259 g/mol. The van der Waals surface area contributed by atoms with Crippen LogP contribution >= 0.6 is 15.9 Å². The van der Waals surface area contributed by atoms with Crippen LogP contribution < -0.4 is 0 Å². The molecule has 0 heterocycles. The number of amides is 1. The van der Waals surface area contributed by atoms with Crippen molar-refractivity contribution in [2.45, 2.75) is 12.8 Å². The van der Waals surface area contributed by atoms with Crippen molar-refractivity contribution >= 4 is 21.8 Å². The Morgan fingerprint density at radius 3 is 2.54 bits per heavy atom. The van der Waals surface area contributed by atoms with E-state index in [1.165, 1.54) is 0 Å². The van der Waals surface area contributed by atoms with Gasteiger partial charge in [-0.3, -0.25) is 4.79 Å². The first-order chi connectivity index (χ1) is 6.11. The standard InChI is InChI=1S/C7H12BrF2NO2/c8-2-1-7(13)11(3-4-12)5-6(9)10/h6,12H,1-5H2. The largest absolute Gasteiger partial charge is 0.395 e. The molecule has 0 aliphatic heterocycles. The van der Waals surface area contributed by atoms with Crippen LogP contribution in [0, 0.1) is 0 Å². The van der Waals surface area contributed by atoms with Gasteiger partial charge in [0.2, 0.25) is 5.91 Å². The summed E-state index contributed by atoms with van der Waals surface area (Å²) >= 11 is 3.04. The maximum absolute atomic E-state index is 11.9. The predicted molar refractivity (Wildman–Crippen MR) is 48.1 cm³/mol. The second-order valence-corrected chi connectivity index (χ2v) is 3.19. The van der Waals surface area contributed by atoms with Crippen molar-refractivity contribution in [1.29, 1.82) is 0 Å². The third kappa shape index (κ3) is 5.93. The number of nitrogens with zero attached hydrogens (tertiary/aromatic N) is 1. The van der Waals surface area contributed by atoms with Crippen LogP contribution in [0.2, 0.25) is 0 Å². The molecular weight excluding hydrogens is 248 g/mol. The van der Waals surface area contributed by atoms with E-state index < -0.39 is 13.0 Å². The molecule has 0 rings (SSSR count). The molecule has 0 atom stereocenters. The van der Waals surface area contributed by atoms with Crippen molar-refractivity contribution in [3.05, 3.63) is 0 Å². The van der Waals surface area contributed by atoms with Crippen LogP contribution in [-0.2, 0) is 4.79 Å². The van der Waals surface area contributed by atoms with Gasteiger partial charge in [0.15, 0.2) is 0 Å². The van der Waals surface area contributed by atoms with Gasteiger partial charge in [-0.25, -0.2) is 8.78 Å². The lowest BCUT2D eigenvalue weighted by Gasteiger charge is -2.20. The molecule has 0 radical (unpaired) electrons. The minimum absolute atomic E-state index is 0.0316. The summed E-state index contributed by atoms with van der Waals surface area (Å²) in [4.78, 5) is 12.1. The summed E-state index contributed by atoms with van der Waals surface area (Å²) in [7, 11) is 0. The number of halogens is 3. The summed E-state index contributed by atoms with van der Waals surface area (Å²) in [5.74, 6) is -0.369. The molecule has 0 fully saturated rings. The highest BCUT2D eigenvalue weighted by Gasteiger charge is 2.16. The predicted octanol–water partition coefficient (Wildman–Crippen LogP) is 0.857. The Hall–Kier alpha value is -0.230. The summed E-state index contributed by atoms with van der Waals surface area (Å²) in [6, 6.07) is 0. The van der Waals surface area contributed by atoms with E-state index in [4.69, 9.17) is 5.11 Å². The van der Waals surface area contributed by atoms with Gasteiger partial charge >= 0.3 is 0 Å². The van der Waals surface area contributed by atoms with E-state index in [0.717, 1.165) is 4.90 Å². The minimum Gasteiger partial charge on any atom is -0.395 e. The summed E-state index contributed by atoms with van der Waals surface area (Å²) in [6.45, 7) is -0.927. The van der Waals surface area contributed by atoms with E-state index in [9.17, 15) is 13.6 Å². The molecular formula is C7H12BrF2NO2. The fourth-order valence-electron chi connectivity index (χ4n) is 0.844. The number of rotatable bonds is 6. The van der Waals surface area contributed by atoms with E-state index in [-0.39, 0.29) is 25.5 Å². The van der Waals surface area contributed by atoms with Gasteiger partial charge in [-0.1, -0.05) is 15.9 Å². The molecule has 0 aliphatic rings. The number of aliphatic hydroxyl groups excluding tert-OH is 1. The van der Waals surface area contributed by atoms with Gasteiger partial charge in [-0.05, 0) is 0 Å². The summed E-state index contributed by atoms with van der Waals surface area (Å²) < 4.78 is 23.8. The highest BCUT2D eigenvalue weighted by Crippen LogP contribution is 2.02. The van der Waals surface area contributed by atoms with Crippen LogP contribution in [0.4, 0.5) is 8.78 Å². The Balaban J connectivity index is 3.98. The smallest absolute Gasteiger partial charge is 0.255 e. The molecule has 13 heavy (non-hydrogen) atoms. The topological polar surface area (TPSA) is 40.5 Å². The lowest BCUT2D eigenvalue weighted by molar-refractivity contribution is -0.133. The maximum Gasteiger partial charge on any atom is 0.255 e. The zero-order chi connectivity index (χ0) is 10.3. The molecule has 6 heteroatoms. The van der Waals surface area contributed by atoms with Crippen molar-refractivity contribution in [3.63, 3.8) is 0 Å². The average Bonchev–Trinajstić information content (AvgIpc) is 2.03. The van der Waals surface area contributed by atoms with Gasteiger partial charge in [0.1, 0.15) is 0 Å². The molecule has 0 aromatic heterocycles. The summed E-state index contributed by atoms with van der Waals surface area (Å²) in [5, 5.41) is 8.96. The number of hydrogen-bond acceptors (Lipinski definition) is 2. The Morgan fingerprint density at radius 1 is 1.54 bits per heavy atom. The van der Waals surface area contributed by atoms with Crippen molar-refractivity contribution in [2.24, 2.45) is 0 Å². The summed E-state index contributed by atoms with van der Waals surface area (Å²) in [5.41, 5.74) is 0. The van der Waals surface area contributed by atoms with Gasteiger partial charge in [0, 0.05) is 18.3 Å². The lowest BCUT2D eigenvalue weighted by atomic mass is 10.4. The first-order valence-electron chi connectivity index (χ1n) is 3.84. The third-order valence-corrected chi connectivity index (χ3v) is 1.79. The summed E-state index contributed by atoms with van der Waals surface area (Å²) in [6.07, 6.45) is -2.38. The molecule has 0 spiro atoms. The fourth-order valence-corrected chi connectivity index (χ4v) is 1.18. The van der Waals surface area contributed by atoms with Gasteiger partial charge in [-0.15, -0.1) is 0 Å². The Bertz CT molecular complexity index is 157. The second kappa shape index (κ2) is 7.20. The fraction of sp³-hybridized carbons (Fsp3) is 0.857. The van der Waals surface area contributed by atoms with Gasteiger partial charge in [-0.2, -0.15) is 0 Å². The van der Waals surface area contributed by atoms with Gasteiger partial charge < -0.3 is 10.0 Å². The first kappa shape index (κ1) is 12.8. The van der Waals surface area contributed by atoms with Gasteiger partial charge in [0.05, 0.1) is 13.2 Å². The van der Waals surface area contributed by atoms with Crippen LogP contribution in [0.25, 0.3) is 0 Å². The first-order valence-corrected chi connectivity index (χ1v) is 4.96. The van der Waals surface area contributed by atoms with E-state index >= 15 is 0 Å². The van der Waals surface area contributed by atoms with Crippen molar-refractivity contribution in [3.8, 4) is 0 Å². The molecule has 0 saturated carbocycles. The third-order valence-electron chi connectivity index (χ3n) is 1.39. The van der Waals surface area contributed by atoms with Crippen molar-refractivity contribution in [2.75, 3.05) is 25.0 Å². The van der Waals surface area contributed by atoms with Crippen LogP contribution in [0.15, 0.2) is 0 Å². The van der Waals surface area contributed by atoms with Gasteiger partial charge in [0.25, 0.3) is 6.43 Å². The minimum atomic E-state index is -2.55. The normalized spacial score (nSPS) is 10.5. The zero-order valence-corrected chi connectivity index (χ0v) is 8.64. The average molecular weight is 260 g/mol. The number of carbonyl (C=O) groups is 1. The van der Waals surface area contributed by atoms with E-state index in [2.05, 4.69) is 15.9 Å². The molecule has 0 bridgehead atoms. The SMILES string of the molecule is O=C(CCBr)N(CCO)CC(F)F. The number of aliphatic hydroxyl groups is 1. The zero-order valence-electron chi connectivity index (χ0n) is 7.05. The molecule has 0 aromatic carbocycles. The molecule has 0 aliphatic carbocycles. The lowest BCUT2D eigenvalue weighted by Crippen LogP contribution is -2.37. The molecule has 1 N–H and O–H groups in total. The molecule has 0 unspecified atom stereocenters. The molecule has 3 nitrogen and oxygen atoms in total. The Morgan fingerprint density at radius 2 is 2.15 bits per heavy atom. The highest BCUT2D eigenvalue weighted by molar-refractivity contribution is 9.09. The molecule has 0 saturated heterocycles. The molecule has 1 amide bonds. The number of carbonyl (C=O) groups excluding carboxylic acids is 1. The maximum atomic E-state index is 11.9.